The summed E-state index contributed by atoms with van der Waals surface area (Å²) in [7, 11) is 0. The van der Waals surface area contributed by atoms with Crippen LogP contribution in [-0.4, -0.2) is 23.1 Å². The number of benzene rings is 9. The fourth-order valence-electron chi connectivity index (χ4n) is 11.1. The molecule has 0 amide bonds. The summed E-state index contributed by atoms with van der Waals surface area (Å²) in [5.74, 6) is 1.51. The summed E-state index contributed by atoms with van der Waals surface area (Å²) in [5.41, 5.74) is 14.8. The maximum Gasteiger partial charge on any atom is 0.0620 e. The van der Waals surface area contributed by atoms with Gasteiger partial charge in [-0.25, -0.2) is 0 Å². The van der Waals surface area contributed by atoms with Gasteiger partial charge in [-0.15, -0.1) is 0 Å². The molecular weight excluding hydrogens is 1060 g/mol. The van der Waals surface area contributed by atoms with Crippen molar-refractivity contribution < 1.29 is 28.2 Å². The molecule has 14 aromatic rings. The minimum atomic E-state index is -2.47. The SMILES string of the molecule is [2H]C([2H])([2H])c1ccc(-n2[c](=[Pt])n(-c3c(-c4ccccc4)cc(C(C)(C)C)cc3-c3ccccc3)c3ccccc32)cc1Oc1ccc2c3cc4c5cccc6c7ccccc7n(c4cc3n(-c3ccccn3)c2c1)c65. The number of aryl methyl sites for hydroxylation is 1. The van der Waals surface area contributed by atoms with Crippen molar-refractivity contribution in [3.05, 3.63) is 227 Å². The second-order valence-electron chi connectivity index (χ2n) is 19.7. The van der Waals surface area contributed by atoms with Gasteiger partial charge >= 0.3 is 330 Å². The molecule has 0 aliphatic carbocycles. The minimum Gasteiger partial charge on any atom is 0.0620 e. The van der Waals surface area contributed by atoms with Crippen molar-refractivity contribution in [2.24, 2.45) is 0 Å². The Bertz CT molecular complexity index is 4600. The second-order valence-corrected chi connectivity index (χ2v) is 20.7. The maximum atomic E-state index is 8.79. The fraction of sp³-hybridized carbons (Fsp3) is 0.0769. The van der Waals surface area contributed by atoms with Gasteiger partial charge in [-0.05, 0) is 12.1 Å². The number of para-hydroxylation sites is 4. The van der Waals surface area contributed by atoms with E-state index in [1.54, 1.807) is 6.07 Å². The molecule has 0 saturated heterocycles. The molecule has 0 N–H and O–H groups in total. The molecule has 0 fully saturated rings. The zero-order valence-corrected chi connectivity index (χ0v) is 41.9. The van der Waals surface area contributed by atoms with Crippen molar-refractivity contribution in [2.75, 3.05) is 0 Å². The average Bonchev–Trinajstić information content (AvgIpc) is 4.30. The van der Waals surface area contributed by atoms with Crippen LogP contribution in [0.15, 0.2) is 212 Å². The molecule has 0 saturated carbocycles. The predicted molar refractivity (Wildman–Crippen MR) is 293 cm³/mol. The molecule has 0 bridgehead atoms. The predicted octanol–water partition coefficient (Wildman–Crippen LogP) is 16.9. The third-order valence-electron chi connectivity index (χ3n) is 14.5. The largest absolute Gasteiger partial charge is 0.0620 e. The van der Waals surface area contributed by atoms with E-state index in [4.69, 9.17) is 13.8 Å². The van der Waals surface area contributed by atoms with Crippen molar-refractivity contribution in [1.82, 2.24) is 23.1 Å². The Morgan fingerprint density at radius 2 is 1.10 bits per heavy atom. The van der Waals surface area contributed by atoms with Crippen LogP contribution in [0.5, 0.6) is 11.5 Å². The smallest absolute Gasteiger partial charge is 0.0620 e. The van der Waals surface area contributed by atoms with E-state index >= 15 is 0 Å². The zero-order valence-electron chi connectivity index (χ0n) is 42.7. The third kappa shape index (κ3) is 6.45. The van der Waals surface area contributed by atoms with Crippen LogP contribution in [0.2, 0.25) is 0 Å². The normalized spacial score (nSPS) is 13.0. The van der Waals surface area contributed by atoms with Gasteiger partial charge in [0.2, 0.25) is 0 Å². The van der Waals surface area contributed by atoms with Crippen LogP contribution < -0.4 is 4.74 Å². The van der Waals surface area contributed by atoms with Gasteiger partial charge < -0.3 is 4.40 Å². The van der Waals surface area contributed by atoms with Gasteiger partial charge in [-0.1, -0.05) is 42.5 Å². The van der Waals surface area contributed by atoms with Gasteiger partial charge in [0.1, 0.15) is 0 Å². The van der Waals surface area contributed by atoms with E-state index in [-0.39, 0.29) is 16.7 Å². The average molecular weight is 1110 g/mol. The summed E-state index contributed by atoms with van der Waals surface area (Å²) >= 11 is 2.44. The number of rotatable bonds is 7. The molecule has 14 rings (SSSR count). The van der Waals surface area contributed by atoms with Gasteiger partial charge in [-0.2, -0.15) is 0 Å². The first-order chi connectivity index (χ1) is 36.4. The fourth-order valence-corrected chi connectivity index (χ4v) is 12.2. The summed E-state index contributed by atoms with van der Waals surface area (Å²) in [6.45, 7) is 4.32. The van der Waals surface area contributed by atoms with Crippen LogP contribution in [0.25, 0.3) is 110 Å². The Balaban J connectivity index is 0.966. The van der Waals surface area contributed by atoms with Gasteiger partial charge in [0.05, 0.1) is 16.6 Å². The number of pyridine rings is 1. The van der Waals surface area contributed by atoms with Crippen LogP contribution >= 0.6 is 0 Å². The van der Waals surface area contributed by atoms with E-state index in [2.05, 4.69) is 216 Å². The number of fused-ring (bicyclic) bond motifs is 10. The monoisotopic (exact) mass is 1110 g/mol. The molecule has 348 valence electrons. The summed E-state index contributed by atoms with van der Waals surface area (Å²) in [6, 6.07) is 71.7. The topological polar surface area (TPSA) is 41.3 Å². The number of aromatic nitrogens is 5. The first-order valence-corrected chi connectivity index (χ1v) is 25.4. The van der Waals surface area contributed by atoms with Crippen LogP contribution in [0.3, 0.4) is 0 Å². The molecule has 0 unspecified atom stereocenters. The van der Waals surface area contributed by atoms with Gasteiger partial charge in [0.15, 0.2) is 0 Å². The summed E-state index contributed by atoms with van der Waals surface area (Å²) < 4.78 is 43.3. The zero-order chi connectivity index (χ0) is 50.9. The molecule has 0 atom stereocenters. The van der Waals surface area contributed by atoms with Crippen molar-refractivity contribution in [3.63, 3.8) is 0 Å². The molecule has 5 heterocycles. The van der Waals surface area contributed by atoms with Crippen molar-refractivity contribution in [1.29, 1.82) is 0 Å². The van der Waals surface area contributed by atoms with Gasteiger partial charge in [0, 0.05) is 27.7 Å². The van der Waals surface area contributed by atoms with E-state index in [1.807, 2.05) is 48.7 Å². The number of nitrogens with zero attached hydrogens (tertiary/aromatic N) is 5. The molecule has 0 spiro atoms. The Morgan fingerprint density at radius 3 is 1.79 bits per heavy atom. The van der Waals surface area contributed by atoms with E-state index in [1.165, 1.54) is 38.1 Å². The first-order valence-electron chi connectivity index (χ1n) is 25.8. The molecular formula is C65H47N5OPt. The molecule has 6 nitrogen and oxygen atoms in total. The summed E-state index contributed by atoms with van der Waals surface area (Å²) in [5, 5.41) is 6.96. The van der Waals surface area contributed by atoms with E-state index in [9.17, 15) is 0 Å². The van der Waals surface area contributed by atoms with Crippen molar-refractivity contribution in [3.8, 4) is 50.9 Å². The van der Waals surface area contributed by atoms with E-state index in [0.717, 1.165) is 81.6 Å². The van der Waals surface area contributed by atoms with Crippen LogP contribution in [0.4, 0.5) is 0 Å². The van der Waals surface area contributed by atoms with Crippen LogP contribution in [0.1, 0.15) is 36.0 Å². The van der Waals surface area contributed by atoms with Gasteiger partial charge in [-0.3, -0.25) is 0 Å². The molecule has 5 aromatic heterocycles. The summed E-state index contributed by atoms with van der Waals surface area (Å²) in [6.07, 6.45) is 1.82. The molecule has 0 aliphatic heterocycles. The number of ether oxygens (including phenoxy) is 1. The molecule has 72 heavy (non-hydrogen) atoms. The van der Waals surface area contributed by atoms with Crippen molar-refractivity contribution >= 4 is 70.9 Å². The number of imidazole rings is 1. The standard InChI is InChI=1S/C65H47N5O.Pt/c1-41-29-30-45(67-40-68(57-27-14-13-26-56(57)67)63-51(42-18-7-5-8-19-42)34-44(65(2,3)4)35-52(63)43-20-9-6-10-21-43)36-61(41)71-46-31-32-48-53-38-54-50-24-17-23-49-47-22-11-12-25-55(47)70(64(49)50)60(54)39-59(53)69(58(48)37-46)62-28-15-16-33-66-62;/h5-39H,1-4H3;/i1D3;. The third-order valence-corrected chi connectivity index (χ3v) is 15.5. The number of hydrogen-bond acceptors (Lipinski definition) is 2. The Morgan fingerprint density at radius 1 is 0.486 bits per heavy atom. The second kappa shape index (κ2) is 16.1. The Hall–Kier alpha value is -8.31. The maximum absolute atomic E-state index is 8.79. The summed E-state index contributed by atoms with van der Waals surface area (Å²) in [4.78, 5) is 4.89. The minimum absolute atomic E-state index is 0.118. The number of hydrogen-bond donors (Lipinski definition) is 0. The van der Waals surface area contributed by atoms with Crippen LogP contribution in [0, 0.1) is 10.7 Å². The van der Waals surface area contributed by atoms with E-state index in [0.29, 0.717) is 5.75 Å². The molecule has 9 aromatic carbocycles. The van der Waals surface area contributed by atoms with E-state index < -0.39 is 6.85 Å². The Labute approximate surface area is 431 Å². The first kappa shape index (κ1) is 39.4. The van der Waals surface area contributed by atoms with Gasteiger partial charge in [0.25, 0.3) is 0 Å². The molecule has 0 radical (unpaired) electrons. The van der Waals surface area contributed by atoms with Crippen LogP contribution in [-0.2, 0) is 24.8 Å². The Kier molecular flexibility index (Phi) is 8.82. The molecule has 0 aliphatic rings. The molecule has 7 heteroatoms. The van der Waals surface area contributed by atoms with Crippen molar-refractivity contribution in [2.45, 2.75) is 33.0 Å². The quantitative estimate of drug-likeness (QED) is 0.160.